The number of hydrogen-bond acceptors (Lipinski definition) is 3. The number of carboxylic acid groups (broad SMARTS) is 1. The Morgan fingerprint density at radius 2 is 1.94 bits per heavy atom. The summed E-state index contributed by atoms with van der Waals surface area (Å²) in [4.78, 5) is 23.1. The topological polar surface area (TPSA) is 75.6 Å². The monoisotopic (exact) mass is 241 g/mol. The van der Waals surface area contributed by atoms with Gasteiger partial charge in [-0.25, -0.2) is 0 Å². The van der Waals surface area contributed by atoms with E-state index in [0.717, 1.165) is 6.42 Å². The molecule has 0 aromatic rings. The zero-order chi connectivity index (χ0) is 12.4. The zero-order valence-electron chi connectivity index (χ0n) is 10.0. The van der Waals surface area contributed by atoms with E-state index in [0.29, 0.717) is 32.0 Å². The third kappa shape index (κ3) is 2.60. The lowest BCUT2D eigenvalue weighted by Crippen LogP contribution is -2.51. The maximum atomic E-state index is 12.0. The molecule has 1 aliphatic heterocycles. The van der Waals surface area contributed by atoms with Crippen molar-refractivity contribution >= 4 is 11.9 Å². The molecule has 2 rings (SSSR count). The van der Waals surface area contributed by atoms with Gasteiger partial charge in [-0.15, -0.1) is 0 Å². The van der Waals surface area contributed by atoms with Crippen molar-refractivity contribution in [3.05, 3.63) is 0 Å². The van der Waals surface area contributed by atoms with Crippen molar-refractivity contribution < 1.29 is 19.4 Å². The highest BCUT2D eigenvalue weighted by Crippen LogP contribution is 2.38. The van der Waals surface area contributed by atoms with E-state index in [1.165, 1.54) is 0 Å². The van der Waals surface area contributed by atoms with Gasteiger partial charge in [0.2, 0.25) is 5.91 Å². The number of ether oxygens (including phenoxy) is 1. The van der Waals surface area contributed by atoms with E-state index in [2.05, 4.69) is 5.32 Å². The molecule has 0 radical (unpaired) electrons. The van der Waals surface area contributed by atoms with Gasteiger partial charge in [-0.1, -0.05) is 13.3 Å². The predicted molar refractivity (Wildman–Crippen MR) is 60.4 cm³/mol. The summed E-state index contributed by atoms with van der Waals surface area (Å²) >= 11 is 0. The van der Waals surface area contributed by atoms with Crippen LogP contribution < -0.4 is 5.32 Å². The van der Waals surface area contributed by atoms with Crippen molar-refractivity contribution in [1.29, 1.82) is 0 Å². The van der Waals surface area contributed by atoms with Crippen molar-refractivity contribution in [3.63, 3.8) is 0 Å². The molecule has 1 amide bonds. The lowest BCUT2D eigenvalue weighted by Gasteiger charge is -2.28. The Morgan fingerprint density at radius 1 is 1.29 bits per heavy atom. The second-order valence-electron chi connectivity index (χ2n) is 5.04. The van der Waals surface area contributed by atoms with Gasteiger partial charge in [-0.05, 0) is 18.8 Å². The van der Waals surface area contributed by atoms with E-state index < -0.39 is 11.9 Å². The van der Waals surface area contributed by atoms with Gasteiger partial charge < -0.3 is 15.2 Å². The highest BCUT2D eigenvalue weighted by atomic mass is 16.5. The number of hydrogen-bond donors (Lipinski definition) is 2. The van der Waals surface area contributed by atoms with Crippen LogP contribution >= 0.6 is 0 Å². The first-order valence-corrected chi connectivity index (χ1v) is 6.22. The van der Waals surface area contributed by atoms with E-state index in [1.54, 1.807) is 0 Å². The van der Waals surface area contributed by atoms with Crippen LogP contribution in [0, 0.1) is 17.8 Å². The van der Waals surface area contributed by atoms with Gasteiger partial charge in [0, 0.05) is 0 Å². The van der Waals surface area contributed by atoms with Gasteiger partial charge in [0.1, 0.15) is 0 Å². The van der Waals surface area contributed by atoms with Crippen molar-refractivity contribution in [1.82, 2.24) is 5.32 Å². The Hall–Kier alpha value is -1.10. The van der Waals surface area contributed by atoms with Gasteiger partial charge in [0.15, 0.2) is 0 Å². The van der Waals surface area contributed by atoms with Crippen LogP contribution in [0.5, 0.6) is 0 Å². The van der Waals surface area contributed by atoms with Crippen LogP contribution in [0.15, 0.2) is 0 Å². The molecule has 3 unspecified atom stereocenters. The molecule has 3 atom stereocenters. The fourth-order valence-electron chi connectivity index (χ4n) is 2.67. The lowest BCUT2D eigenvalue weighted by molar-refractivity contribution is -0.146. The molecule has 0 spiro atoms. The number of nitrogens with one attached hydrogen (secondary N) is 1. The average molecular weight is 241 g/mol. The predicted octanol–water partition coefficient (Wildman–Crippen LogP) is 0.638. The maximum Gasteiger partial charge on any atom is 0.307 e. The summed E-state index contributed by atoms with van der Waals surface area (Å²) in [6.45, 7) is 3.14. The third-order valence-electron chi connectivity index (χ3n) is 3.88. The molecule has 17 heavy (non-hydrogen) atoms. The summed E-state index contributed by atoms with van der Waals surface area (Å²) in [6.07, 6.45) is 2.28. The Balaban J connectivity index is 1.96. The first kappa shape index (κ1) is 12.4. The van der Waals surface area contributed by atoms with Crippen LogP contribution in [0.3, 0.4) is 0 Å². The van der Waals surface area contributed by atoms with Gasteiger partial charge in [-0.2, -0.15) is 0 Å². The fourth-order valence-corrected chi connectivity index (χ4v) is 2.67. The van der Waals surface area contributed by atoms with Crippen LogP contribution in [-0.2, 0) is 14.3 Å². The fraction of sp³-hybridized carbons (Fsp3) is 0.833. The first-order chi connectivity index (χ1) is 8.11. The number of carbonyl (C=O) groups excluding carboxylic acids is 1. The van der Waals surface area contributed by atoms with Gasteiger partial charge in [0.05, 0.1) is 31.1 Å². The number of rotatable bonds is 4. The van der Waals surface area contributed by atoms with E-state index in [-0.39, 0.29) is 17.9 Å². The molecule has 2 N–H and O–H groups in total. The molecule has 1 aliphatic carbocycles. The van der Waals surface area contributed by atoms with Crippen molar-refractivity contribution in [2.24, 2.45) is 17.8 Å². The molecule has 5 nitrogen and oxygen atoms in total. The van der Waals surface area contributed by atoms with Crippen LogP contribution in [0.2, 0.25) is 0 Å². The van der Waals surface area contributed by atoms with Crippen molar-refractivity contribution in [2.45, 2.75) is 32.2 Å². The van der Waals surface area contributed by atoms with Gasteiger partial charge in [0.25, 0.3) is 0 Å². The largest absolute Gasteiger partial charge is 0.481 e. The lowest BCUT2D eigenvalue weighted by atomic mass is 9.95. The number of aliphatic carboxylic acids is 1. The summed E-state index contributed by atoms with van der Waals surface area (Å²) in [6, 6.07) is 0.0811. The smallest absolute Gasteiger partial charge is 0.307 e. The number of carbonyl (C=O) groups is 2. The molecule has 2 fully saturated rings. The minimum Gasteiger partial charge on any atom is -0.481 e. The van der Waals surface area contributed by atoms with Crippen LogP contribution in [0.25, 0.3) is 0 Å². The Kier molecular flexibility index (Phi) is 3.66. The standard InChI is InChI=1S/C12H19NO4/c1-2-7-3-9(10(4-7)12(15)16)11(14)13-8-5-17-6-8/h7-10H,2-6H2,1H3,(H,13,14)(H,15,16). The molecule has 2 aliphatic rings. The van der Waals surface area contributed by atoms with E-state index in [9.17, 15) is 9.59 Å². The summed E-state index contributed by atoms with van der Waals surface area (Å²) < 4.78 is 4.98. The minimum absolute atomic E-state index is 0.0811. The molecule has 96 valence electrons. The average Bonchev–Trinajstić information content (AvgIpc) is 2.67. The van der Waals surface area contributed by atoms with Crippen LogP contribution in [0.1, 0.15) is 26.2 Å². The summed E-state index contributed by atoms with van der Waals surface area (Å²) in [5.74, 6) is -1.46. The second kappa shape index (κ2) is 5.04. The molecule has 1 saturated heterocycles. The molecule has 0 aromatic carbocycles. The molecule has 1 heterocycles. The van der Waals surface area contributed by atoms with E-state index in [1.807, 2.05) is 6.92 Å². The molecule has 5 heteroatoms. The zero-order valence-corrected chi connectivity index (χ0v) is 10.0. The molecular formula is C12H19NO4. The van der Waals surface area contributed by atoms with Crippen molar-refractivity contribution in [2.75, 3.05) is 13.2 Å². The summed E-state index contributed by atoms with van der Waals surface area (Å²) in [5, 5.41) is 12.0. The van der Waals surface area contributed by atoms with Crippen molar-refractivity contribution in [3.8, 4) is 0 Å². The van der Waals surface area contributed by atoms with E-state index in [4.69, 9.17) is 9.84 Å². The third-order valence-corrected chi connectivity index (χ3v) is 3.88. The van der Waals surface area contributed by atoms with Gasteiger partial charge >= 0.3 is 5.97 Å². The SMILES string of the molecule is CCC1CC(C(=O)O)C(C(=O)NC2COC2)C1. The van der Waals surface area contributed by atoms with Gasteiger partial charge in [-0.3, -0.25) is 9.59 Å². The van der Waals surface area contributed by atoms with Crippen LogP contribution in [-0.4, -0.2) is 36.2 Å². The normalized spacial score (nSPS) is 33.1. The quantitative estimate of drug-likeness (QED) is 0.757. The molecule has 0 aromatic heterocycles. The Bertz CT molecular complexity index is 314. The van der Waals surface area contributed by atoms with Crippen LogP contribution in [0.4, 0.5) is 0 Å². The molecular weight excluding hydrogens is 222 g/mol. The molecule has 1 saturated carbocycles. The first-order valence-electron chi connectivity index (χ1n) is 6.22. The number of amides is 1. The maximum absolute atomic E-state index is 12.0. The summed E-state index contributed by atoms with van der Waals surface area (Å²) in [5.41, 5.74) is 0. The Labute approximate surface area is 101 Å². The summed E-state index contributed by atoms with van der Waals surface area (Å²) in [7, 11) is 0. The second-order valence-corrected chi connectivity index (χ2v) is 5.04. The Morgan fingerprint density at radius 3 is 2.41 bits per heavy atom. The number of carboxylic acids is 1. The molecule has 0 bridgehead atoms. The highest BCUT2D eigenvalue weighted by Gasteiger charge is 2.42. The van der Waals surface area contributed by atoms with E-state index >= 15 is 0 Å². The minimum atomic E-state index is -0.842. The highest BCUT2D eigenvalue weighted by molar-refractivity contribution is 5.85.